The highest BCUT2D eigenvalue weighted by molar-refractivity contribution is 6.08. The maximum Gasteiger partial charge on any atom is 0.253 e. The highest BCUT2D eigenvalue weighted by Gasteiger charge is 2.16. The van der Waals surface area contributed by atoms with Gasteiger partial charge in [0.1, 0.15) is 0 Å². The van der Waals surface area contributed by atoms with E-state index >= 15 is 0 Å². The van der Waals surface area contributed by atoms with Crippen molar-refractivity contribution in [2.75, 3.05) is 6.54 Å². The Morgan fingerprint density at radius 2 is 2.06 bits per heavy atom. The molecule has 0 unspecified atom stereocenters. The standard InChI is InChI=1S/C15H20N2O/c1-9(2)8-16-15(18)13-11(4)17-14-10(3)6-5-7-12(13)14/h5-7,9,17H,8H2,1-4H3,(H,16,18). The van der Waals surface area contributed by atoms with Crippen molar-refractivity contribution in [1.82, 2.24) is 10.3 Å². The van der Waals surface area contributed by atoms with Crippen LogP contribution in [0.4, 0.5) is 0 Å². The molecule has 1 aromatic carbocycles. The van der Waals surface area contributed by atoms with E-state index in [4.69, 9.17) is 0 Å². The number of carbonyl (C=O) groups is 1. The summed E-state index contributed by atoms with van der Waals surface area (Å²) in [6, 6.07) is 6.04. The molecule has 2 N–H and O–H groups in total. The first-order valence-electron chi connectivity index (χ1n) is 6.36. The summed E-state index contributed by atoms with van der Waals surface area (Å²) >= 11 is 0. The van der Waals surface area contributed by atoms with Crippen LogP contribution in [-0.4, -0.2) is 17.4 Å². The third kappa shape index (κ3) is 2.26. The lowest BCUT2D eigenvalue weighted by Crippen LogP contribution is -2.27. The van der Waals surface area contributed by atoms with Crippen molar-refractivity contribution >= 4 is 16.8 Å². The molecule has 0 atom stereocenters. The summed E-state index contributed by atoms with van der Waals surface area (Å²) in [6.07, 6.45) is 0. The predicted molar refractivity (Wildman–Crippen MR) is 74.9 cm³/mol. The number of carbonyl (C=O) groups excluding carboxylic acids is 1. The molecule has 18 heavy (non-hydrogen) atoms. The first kappa shape index (κ1) is 12.7. The summed E-state index contributed by atoms with van der Waals surface area (Å²) in [5, 5.41) is 3.99. The van der Waals surface area contributed by atoms with Crippen LogP contribution in [0.25, 0.3) is 10.9 Å². The number of H-pyrrole nitrogens is 1. The van der Waals surface area contributed by atoms with Crippen LogP contribution in [0.2, 0.25) is 0 Å². The van der Waals surface area contributed by atoms with Gasteiger partial charge in [-0.3, -0.25) is 4.79 Å². The van der Waals surface area contributed by atoms with Crippen LogP contribution in [0.15, 0.2) is 18.2 Å². The molecule has 0 bridgehead atoms. The molecular weight excluding hydrogens is 224 g/mol. The van der Waals surface area contributed by atoms with E-state index in [9.17, 15) is 4.79 Å². The Balaban J connectivity index is 2.41. The van der Waals surface area contributed by atoms with Crippen LogP contribution in [0, 0.1) is 19.8 Å². The molecule has 3 heteroatoms. The SMILES string of the molecule is Cc1[nH]c2c(C)cccc2c1C(=O)NCC(C)C. The minimum absolute atomic E-state index is 0.0121. The Morgan fingerprint density at radius 1 is 1.33 bits per heavy atom. The van der Waals surface area contributed by atoms with Gasteiger partial charge in [0.2, 0.25) is 0 Å². The Kier molecular flexibility index (Phi) is 3.41. The van der Waals surface area contributed by atoms with Crippen LogP contribution >= 0.6 is 0 Å². The number of fused-ring (bicyclic) bond motifs is 1. The van der Waals surface area contributed by atoms with E-state index in [0.717, 1.165) is 22.2 Å². The summed E-state index contributed by atoms with van der Waals surface area (Å²) in [5.41, 5.74) is 3.93. The molecule has 0 radical (unpaired) electrons. The zero-order valence-electron chi connectivity index (χ0n) is 11.4. The zero-order chi connectivity index (χ0) is 13.3. The van der Waals surface area contributed by atoms with E-state index in [0.29, 0.717) is 12.5 Å². The second-order valence-corrected chi connectivity index (χ2v) is 5.23. The molecule has 0 saturated heterocycles. The fraction of sp³-hybridized carbons (Fsp3) is 0.400. The van der Waals surface area contributed by atoms with Gasteiger partial charge in [0.15, 0.2) is 0 Å². The maximum absolute atomic E-state index is 12.2. The van der Waals surface area contributed by atoms with Gasteiger partial charge >= 0.3 is 0 Å². The molecular formula is C15H20N2O. The van der Waals surface area contributed by atoms with Crippen molar-refractivity contribution in [2.24, 2.45) is 5.92 Å². The van der Waals surface area contributed by atoms with Gasteiger partial charge in [-0.15, -0.1) is 0 Å². The molecule has 3 nitrogen and oxygen atoms in total. The lowest BCUT2D eigenvalue weighted by atomic mass is 10.1. The molecule has 1 heterocycles. The lowest BCUT2D eigenvalue weighted by Gasteiger charge is -2.07. The van der Waals surface area contributed by atoms with Gasteiger partial charge in [-0.2, -0.15) is 0 Å². The molecule has 1 aromatic heterocycles. The second kappa shape index (κ2) is 4.84. The molecule has 0 aliphatic carbocycles. The van der Waals surface area contributed by atoms with E-state index < -0.39 is 0 Å². The van der Waals surface area contributed by atoms with Crippen LogP contribution in [0.5, 0.6) is 0 Å². The van der Waals surface area contributed by atoms with Crippen LogP contribution < -0.4 is 5.32 Å². The smallest absolute Gasteiger partial charge is 0.253 e. The number of para-hydroxylation sites is 1. The molecule has 0 saturated carbocycles. The Morgan fingerprint density at radius 3 is 2.72 bits per heavy atom. The summed E-state index contributed by atoms with van der Waals surface area (Å²) in [5.74, 6) is 0.472. The van der Waals surface area contributed by atoms with Crippen molar-refractivity contribution in [2.45, 2.75) is 27.7 Å². The Labute approximate surface area is 108 Å². The molecule has 0 fully saturated rings. The predicted octanol–water partition coefficient (Wildman–Crippen LogP) is 3.17. The number of rotatable bonds is 3. The number of aromatic amines is 1. The second-order valence-electron chi connectivity index (χ2n) is 5.23. The van der Waals surface area contributed by atoms with Gasteiger partial charge in [0, 0.05) is 23.1 Å². The van der Waals surface area contributed by atoms with Gasteiger partial charge in [0.05, 0.1) is 5.56 Å². The van der Waals surface area contributed by atoms with Gasteiger partial charge in [0.25, 0.3) is 5.91 Å². The van der Waals surface area contributed by atoms with Gasteiger partial charge in [-0.1, -0.05) is 32.0 Å². The van der Waals surface area contributed by atoms with E-state index in [1.165, 1.54) is 5.56 Å². The number of hydrogen-bond donors (Lipinski definition) is 2. The number of benzene rings is 1. The minimum Gasteiger partial charge on any atom is -0.358 e. The molecule has 0 aliphatic heterocycles. The van der Waals surface area contributed by atoms with Gasteiger partial charge < -0.3 is 10.3 Å². The summed E-state index contributed by atoms with van der Waals surface area (Å²) in [4.78, 5) is 15.5. The van der Waals surface area contributed by atoms with Crippen molar-refractivity contribution in [3.63, 3.8) is 0 Å². The lowest BCUT2D eigenvalue weighted by molar-refractivity contribution is 0.0950. The maximum atomic E-state index is 12.2. The van der Waals surface area contributed by atoms with E-state index in [1.54, 1.807) is 0 Å². The summed E-state index contributed by atoms with van der Waals surface area (Å²) in [6.45, 7) is 8.88. The molecule has 2 rings (SSSR count). The first-order valence-corrected chi connectivity index (χ1v) is 6.36. The van der Waals surface area contributed by atoms with E-state index in [1.807, 2.05) is 32.0 Å². The topological polar surface area (TPSA) is 44.9 Å². The Bertz CT molecular complexity index is 581. The molecule has 96 valence electrons. The van der Waals surface area contributed by atoms with Crippen molar-refractivity contribution < 1.29 is 4.79 Å². The summed E-state index contributed by atoms with van der Waals surface area (Å²) < 4.78 is 0. The first-order chi connectivity index (χ1) is 8.50. The fourth-order valence-corrected chi connectivity index (χ4v) is 2.17. The average Bonchev–Trinajstić information content (AvgIpc) is 2.64. The molecule has 2 aromatic rings. The third-order valence-electron chi connectivity index (χ3n) is 3.13. The van der Waals surface area contributed by atoms with Crippen molar-refractivity contribution in [3.8, 4) is 0 Å². The fourth-order valence-electron chi connectivity index (χ4n) is 2.17. The van der Waals surface area contributed by atoms with E-state index in [2.05, 4.69) is 24.1 Å². The quantitative estimate of drug-likeness (QED) is 0.855. The molecule has 0 spiro atoms. The van der Waals surface area contributed by atoms with Crippen LogP contribution in [0.3, 0.4) is 0 Å². The highest BCUT2D eigenvalue weighted by atomic mass is 16.1. The number of hydrogen-bond acceptors (Lipinski definition) is 1. The number of amides is 1. The highest BCUT2D eigenvalue weighted by Crippen LogP contribution is 2.24. The van der Waals surface area contributed by atoms with Crippen molar-refractivity contribution in [1.29, 1.82) is 0 Å². The number of aryl methyl sites for hydroxylation is 2. The summed E-state index contributed by atoms with van der Waals surface area (Å²) in [7, 11) is 0. The van der Waals surface area contributed by atoms with Crippen molar-refractivity contribution in [3.05, 3.63) is 35.0 Å². The number of nitrogens with one attached hydrogen (secondary N) is 2. The third-order valence-corrected chi connectivity index (χ3v) is 3.13. The Hall–Kier alpha value is -1.77. The minimum atomic E-state index is 0.0121. The monoisotopic (exact) mass is 244 g/mol. The van der Waals surface area contributed by atoms with Gasteiger partial charge in [-0.25, -0.2) is 0 Å². The molecule has 0 aliphatic rings. The largest absolute Gasteiger partial charge is 0.358 e. The normalized spacial score (nSPS) is 11.2. The van der Waals surface area contributed by atoms with Gasteiger partial charge in [-0.05, 0) is 25.3 Å². The average molecular weight is 244 g/mol. The number of aromatic nitrogens is 1. The molecule has 1 amide bonds. The van der Waals surface area contributed by atoms with Crippen LogP contribution in [-0.2, 0) is 0 Å². The van der Waals surface area contributed by atoms with Crippen LogP contribution in [0.1, 0.15) is 35.5 Å². The van der Waals surface area contributed by atoms with E-state index in [-0.39, 0.29) is 5.91 Å². The zero-order valence-corrected chi connectivity index (χ0v) is 11.4.